The number of hydrogen-bond acceptors (Lipinski definition) is 1. The van der Waals surface area contributed by atoms with Crippen molar-refractivity contribution in [3.05, 3.63) is 65.6 Å². The zero-order valence-electron chi connectivity index (χ0n) is 11.6. The molecule has 0 N–H and O–H groups in total. The zero-order chi connectivity index (χ0) is 14.1. The number of aromatic nitrogens is 1. The summed E-state index contributed by atoms with van der Waals surface area (Å²) < 4.78 is 20.9. The third-order valence-electron chi connectivity index (χ3n) is 3.49. The minimum Gasteiger partial charge on any atom is -0.489 e. The first-order valence-electron chi connectivity index (χ1n) is 6.57. The van der Waals surface area contributed by atoms with Gasteiger partial charge in [-0.25, -0.2) is 4.39 Å². The molecule has 1 aromatic heterocycles. The maximum atomic E-state index is 13.1. The molecule has 0 saturated heterocycles. The van der Waals surface area contributed by atoms with Crippen molar-refractivity contribution in [2.75, 3.05) is 0 Å². The Labute approximate surface area is 117 Å². The SMILES string of the molecule is Cc1cccc2c1c(COc1cccc(F)c1)cn2C. The Morgan fingerprint density at radius 2 is 1.95 bits per heavy atom. The van der Waals surface area contributed by atoms with Gasteiger partial charge in [0, 0.05) is 35.8 Å². The molecule has 3 heteroatoms. The summed E-state index contributed by atoms with van der Waals surface area (Å²) in [6, 6.07) is 12.5. The molecule has 0 spiro atoms. The fourth-order valence-corrected chi connectivity index (χ4v) is 2.56. The van der Waals surface area contributed by atoms with E-state index in [1.54, 1.807) is 12.1 Å². The summed E-state index contributed by atoms with van der Waals surface area (Å²) in [5, 5.41) is 1.21. The van der Waals surface area contributed by atoms with E-state index < -0.39 is 0 Å². The van der Waals surface area contributed by atoms with Gasteiger partial charge in [-0.15, -0.1) is 0 Å². The maximum Gasteiger partial charge on any atom is 0.126 e. The van der Waals surface area contributed by atoms with Gasteiger partial charge in [-0.3, -0.25) is 0 Å². The van der Waals surface area contributed by atoms with E-state index in [-0.39, 0.29) is 5.82 Å². The Morgan fingerprint density at radius 3 is 2.75 bits per heavy atom. The monoisotopic (exact) mass is 269 g/mol. The summed E-state index contributed by atoms with van der Waals surface area (Å²) in [4.78, 5) is 0. The van der Waals surface area contributed by atoms with E-state index in [2.05, 4.69) is 35.9 Å². The average molecular weight is 269 g/mol. The van der Waals surface area contributed by atoms with Crippen molar-refractivity contribution >= 4 is 10.9 Å². The van der Waals surface area contributed by atoms with Crippen LogP contribution in [0, 0.1) is 12.7 Å². The molecule has 0 bridgehead atoms. The quantitative estimate of drug-likeness (QED) is 0.695. The van der Waals surface area contributed by atoms with Crippen molar-refractivity contribution in [3.63, 3.8) is 0 Å². The molecule has 102 valence electrons. The van der Waals surface area contributed by atoms with Crippen LogP contribution in [0.3, 0.4) is 0 Å². The molecule has 0 aliphatic carbocycles. The Morgan fingerprint density at radius 1 is 1.15 bits per heavy atom. The number of fused-ring (bicyclic) bond motifs is 1. The third kappa shape index (κ3) is 2.27. The summed E-state index contributed by atoms with van der Waals surface area (Å²) in [5.41, 5.74) is 3.52. The number of rotatable bonds is 3. The van der Waals surface area contributed by atoms with Crippen LogP contribution in [0.5, 0.6) is 5.75 Å². The highest BCUT2D eigenvalue weighted by atomic mass is 19.1. The van der Waals surface area contributed by atoms with E-state index in [9.17, 15) is 4.39 Å². The fourth-order valence-electron chi connectivity index (χ4n) is 2.56. The van der Waals surface area contributed by atoms with Gasteiger partial charge in [-0.05, 0) is 30.7 Å². The number of ether oxygens (including phenoxy) is 1. The molecule has 0 aliphatic rings. The van der Waals surface area contributed by atoms with E-state index in [0.717, 1.165) is 5.56 Å². The molecule has 0 atom stereocenters. The van der Waals surface area contributed by atoms with Crippen LogP contribution < -0.4 is 4.74 Å². The summed E-state index contributed by atoms with van der Waals surface area (Å²) >= 11 is 0. The second-order valence-electron chi connectivity index (χ2n) is 4.98. The van der Waals surface area contributed by atoms with Gasteiger partial charge in [-0.1, -0.05) is 18.2 Å². The molecule has 0 unspecified atom stereocenters. The standard InChI is InChI=1S/C17H16FNO/c1-12-5-3-8-16-17(12)13(10-19(16)2)11-20-15-7-4-6-14(18)9-15/h3-10H,11H2,1-2H3. The van der Waals surface area contributed by atoms with Gasteiger partial charge in [0.15, 0.2) is 0 Å². The van der Waals surface area contributed by atoms with Crippen LogP contribution in [-0.4, -0.2) is 4.57 Å². The van der Waals surface area contributed by atoms with Gasteiger partial charge in [0.2, 0.25) is 0 Å². The van der Waals surface area contributed by atoms with Crippen LogP contribution in [-0.2, 0) is 13.7 Å². The Hall–Kier alpha value is -2.29. The Bertz CT molecular complexity index is 761. The highest BCUT2D eigenvalue weighted by Gasteiger charge is 2.09. The van der Waals surface area contributed by atoms with Crippen molar-refractivity contribution in [3.8, 4) is 5.75 Å². The molecule has 0 radical (unpaired) electrons. The van der Waals surface area contributed by atoms with Crippen LogP contribution in [0.4, 0.5) is 4.39 Å². The highest BCUT2D eigenvalue weighted by Crippen LogP contribution is 2.25. The minimum absolute atomic E-state index is 0.281. The summed E-state index contributed by atoms with van der Waals surface area (Å²) in [5.74, 6) is 0.271. The van der Waals surface area contributed by atoms with Crippen LogP contribution >= 0.6 is 0 Å². The Balaban J connectivity index is 1.92. The molecule has 0 saturated carbocycles. The fraction of sp³-hybridized carbons (Fsp3) is 0.176. The van der Waals surface area contributed by atoms with Crippen molar-refractivity contribution in [1.29, 1.82) is 0 Å². The first kappa shape index (κ1) is 12.7. The van der Waals surface area contributed by atoms with E-state index in [1.165, 1.54) is 28.6 Å². The van der Waals surface area contributed by atoms with Crippen LogP contribution in [0.2, 0.25) is 0 Å². The van der Waals surface area contributed by atoms with Crippen molar-refractivity contribution in [1.82, 2.24) is 4.57 Å². The summed E-state index contributed by atoms with van der Waals surface area (Å²) in [6.45, 7) is 2.53. The largest absolute Gasteiger partial charge is 0.489 e. The first-order chi connectivity index (χ1) is 9.65. The van der Waals surface area contributed by atoms with Crippen molar-refractivity contribution in [2.24, 2.45) is 7.05 Å². The van der Waals surface area contributed by atoms with E-state index >= 15 is 0 Å². The second kappa shape index (κ2) is 5.00. The Kier molecular flexibility index (Phi) is 3.18. The maximum absolute atomic E-state index is 13.1. The molecule has 20 heavy (non-hydrogen) atoms. The normalized spacial score (nSPS) is 10.9. The zero-order valence-corrected chi connectivity index (χ0v) is 11.6. The number of nitrogens with zero attached hydrogens (tertiary/aromatic N) is 1. The van der Waals surface area contributed by atoms with E-state index in [0.29, 0.717) is 12.4 Å². The van der Waals surface area contributed by atoms with Gasteiger partial charge >= 0.3 is 0 Å². The number of halogens is 1. The third-order valence-corrected chi connectivity index (χ3v) is 3.49. The lowest BCUT2D eigenvalue weighted by molar-refractivity contribution is 0.306. The molecular weight excluding hydrogens is 253 g/mol. The van der Waals surface area contributed by atoms with Crippen LogP contribution in [0.15, 0.2) is 48.7 Å². The van der Waals surface area contributed by atoms with Crippen LogP contribution in [0.1, 0.15) is 11.1 Å². The lowest BCUT2D eigenvalue weighted by Gasteiger charge is -2.06. The molecule has 2 nitrogen and oxygen atoms in total. The predicted molar refractivity (Wildman–Crippen MR) is 78.4 cm³/mol. The lowest BCUT2D eigenvalue weighted by Crippen LogP contribution is -1.95. The molecule has 1 heterocycles. The summed E-state index contributed by atoms with van der Waals surface area (Å²) in [6.07, 6.45) is 2.07. The summed E-state index contributed by atoms with van der Waals surface area (Å²) in [7, 11) is 2.02. The van der Waals surface area contributed by atoms with Gasteiger partial charge < -0.3 is 9.30 Å². The topological polar surface area (TPSA) is 14.2 Å². The number of hydrogen-bond donors (Lipinski definition) is 0. The molecule has 3 rings (SSSR count). The van der Waals surface area contributed by atoms with Gasteiger partial charge in [0.05, 0.1) is 0 Å². The van der Waals surface area contributed by atoms with Gasteiger partial charge in [-0.2, -0.15) is 0 Å². The number of aryl methyl sites for hydroxylation is 2. The molecule has 2 aromatic carbocycles. The smallest absolute Gasteiger partial charge is 0.126 e. The molecular formula is C17H16FNO. The van der Waals surface area contributed by atoms with Gasteiger partial charge in [0.25, 0.3) is 0 Å². The second-order valence-corrected chi connectivity index (χ2v) is 4.98. The first-order valence-corrected chi connectivity index (χ1v) is 6.57. The molecule has 0 amide bonds. The highest BCUT2D eigenvalue weighted by molar-refractivity contribution is 5.87. The lowest BCUT2D eigenvalue weighted by atomic mass is 10.1. The molecule has 3 aromatic rings. The molecule has 0 aliphatic heterocycles. The van der Waals surface area contributed by atoms with Gasteiger partial charge in [0.1, 0.15) is 18.2 Å². The van der Waals surface area contributed by atoms with Crippen LogP contribution in [0.25, 0.3) is 10.9 Å². The minimum atomic E-state index is -0.281. The predicted octanol–water partition coefficient (Wildman–Crippen LogP) is 4.20. The molecule has 0 fully saturated rings. The average Bonchev–Trinajstić information content (AvgIpc) is 2.75. The van der Waals surface area contributed by atoms with E-state index in [4.69, 9.17) is 4.74 Å². The van der Waals surface area contributed by atoms with Crippen molar-refractivity contribution < 1.29 is 9.13 Å². The number of benzene rings is 2. The van der Waals surface area contributed by atoms with Crippen molar-refractivity contribution in [2.45, 2.75) is 13.5 Å². The van der Waals surface area contributed by atoms with E-state index in [1.807, 2.05) is 7.05 Å².